The van der Waals surface area contributed by atoms with Crippen LogP contribution in [0, 0.1) is 0 Å². The predicted octanol–water partition coefficient (Wildman–Crippen LogP) is 7.74. The molecule has 2 amide bonds. The molecule has 232 valence electrons. The number of nitrogens with one attached hydrogen (secondary N) is 2. The molecule has 1 aromatic heterocycles. The van der Waals surface area contributed by atoms with Gasteiger partial charge in [-0.15, -0.1) is 11.8 Å². The highest BCUT2D eigenvalue weighted by molar-refractivity contribution is 8.00. The zero-order valence-electron chi connectivity index (χ0n) is 25.3. The Bertz CT molecular complexity index is 1830. The van der Waals surface area contributed by atoms with Crippen molar-refractivity contribution in [3.05, 3.63) is 138 Å². The molecule has 0 radical (unpaired) electrons. The topological polar surface area (TPSA) is 107 Å². The van der Waals surface area contributed by atoms with Crippen molar-refractivity contribution in [1.29, 1.82) is 0 Å². The summed E-state index contributed by atoms with van der Waals surface area (Å²) in [6, 6.07) is 33.8. The van der Waals surface area contributed by atoms with Crippen LogP contribution in [0.3, 0.4) is 0 Å². The molecule has 0 aliphatic rings. The lowest BCUT2D eigenvalue weighted by molar-refractivity contribution is -0.113. The van der Waals surface area contributed by atoms with Crippen LogP contribution in [0.2, 0.25) is 0 Å². The highest BCUT2D eigenvalue weighted by Crippen LogP contribution is 2.31. The van der Waals surface area contributed by atoms with Crippen LogP contribution in [0.5, 0.6) is 11.5 Å². The number of carbonyl (C=O) groups excluding carboxylic acids is 3. The molecular formula is C37H32N2O6S. The third-order valence-electron chi connectivity index (χ3n) is 6.78. The van der Waals surface area contributed by atoms with Gasteiger partial charge in [-0.25, -0.2) is 0 Å². The SMILES string of the molecule is CCOc1ccc(C(=O)CSc2ccc(NC(=O)/C(=C/c3ccc(-c4ccccc4OC)o3)NC(=O)c3ccccc3)cc2)cc1. The third-order valence-corrected chi connectivity index (χ3v) is 7.80. The summed E-state index contributed by atoms with van der Waals surface area (Å²) in [7, 11) is 1.58. The highest BCUT2D eigenvalue weighted by atomic mass is 32.2. The molecule has 46 heavy (non-hydrogen) atoms. The van der Waals surface area contributed by atoms with Crippen LogP contribution in [0.25, 0.3) is 17.4 Å². The molecule has 5 rings (SSSR count). The molecule has 0 unspecified atom stereocenters. The van der Waals surface area contributed by atoms with Crippen LogP contribution in [-0.4, -0.2) is 37.1 Å². The largest absolute Gasteiger partial charge is 0.496 e. The Morgan fingerprint density at radius 1 is 0.804 bits per heavy atom. The Hall–Kier alpha value is -5.54. The van der Waals surface area contributed by atoms with Crippen LogP contribution >= 0.6 is 11.8 Å². The molecule has 0 fully saturated rings. The van der Waals surface area contributed by atoms with Crippen LogP contribution in [0.15, 0.2) is 130 Å². The molecule has 2 N–H and O–H groups in total. The number of para-hydroxylation sites is 1. The number of hydrogen-bond donors (Lipinski definition) is 2. The quantitative estimate of drug-likeness (QED) is 0.0777. The second-order valence-electron chi connectivity index (χ2n) is 9.93. The molecule has 5 aromatic rings. The van der Waals surface area contributed by atoms with Gasteiger partial charge in [0.25, 0.3) is 11.8 Å². The van der Waals surface area contributed by atoms with Gasteiger partial charge >= 0.3 is 0 Å². The van der Waals surface area contributed by atoms with E-state index in [9.17, 15) is 14.4 Å². The van der Waals surface area contributed by atoms with Crippen molar-refractivity contribution in [3.63, 3.8) is 0 Å². The fourth-order valence-electron chi connectivity index (χ4n) is 4.48. The maximum atomic E-state index is 13.5. The molecule has 1 heterocycles. The van der Waals surface area contributed by atoms with E-state index in [2.05, 4.69) is 10.6 Å². The molecule has 0 saturated carbocycles. The summed E-state index contributed by atoms with van der Waals surface area (Å²) in [5.74, 6) is 1.57. The van der Waals surface area contributed by atoms with Gasteiger partial charge in [-0.3, -0.25) is 14.4 Å². The first-order valence-electron chi connectivity index (χ1n) is 14.5. The van der Waals surface area contributed by atoms with Crippen molar-refractivity contribution in [2.45, 2.75) is 11.8 Å². The first-order chi connectivity index (χ1) is 22.4. The number of methoxy groups -OCH3 is 1. The summed E-state index contributed by atoms with van der Waals surface area (Å²) in [6.07, 6.45) is 1.48. The summed E-state index contributed by atoms with van der Waals surface area (Å²) < 4.78 is 16.9. The van der Waals surface area contributed by atoms with Crippen LogP contribution in [0.4, 0.5) is 5.69 Å². The first kappa shape index (κ1) is 31.9. The molecule has 0 atom stereocenters. The van der Waals surface area contributed by atoms with Crippen LogP contribution in [0.1, 0.15) is 33.4 Å². The van der Waals surface area contributed by atoms with Gasteiger partial charge in [0.15, 0.2) is 5.78 Å². The van der Waals surface area contributed by atoms with Gasteiger partial charge in [-0.1, -0.05) is 30.3 Å². The van der Waals surface area contributed by atoms with Crippen molar-refractivity contribution in [1.82, 2.24) is 5.32 Å². The molecule has 8 nitrogen and oxygen atoms in total. The first-order valence-corrected chi connectivity index (χ1v) is 15.5. The van der Waals surface area contributed by atoms with E-state index in [1.165, 1.54) is 17.8 Å². The van der Waals surface area contributed by atoms with E-state index in [0.29, 0.717) is 40.7 Å². The number of hydrogen-bond acceptors (Lipinski definition) is 7. The molecular weight excluding hydrogens is 600 g/mol. The van der Waals surface area contributed by atoms with E-state index in [1.54, 1.807) is 86.0 Å². The number of anilines is 1. The van der Waals surface area contributed by atoms with Crippen molar-refractivity contribution in [2.24, 2.45) is 0 Å². The third kappa shape index (κ3) is 8.34. The fraction of sp³-hybridized carbons (Fsp3) is 0.108. The van der Waals surface area contributed by atoms with Gasteiger partial charge < -0.3 is 24.5 Å². The summed E-state index contributed by atoms with van der Waals surface area (Å²) in [5, 5.41) is 5.56. The van der Waals surface area contributed by atoms with E-state index in [4.69, 9.17) is 13.9 Å². The minimum Gasteiger partial charge on any atom is -0.496 e. The fourth-order valence-corrected chi connectivity index (χ4v) is 5.27. The van der Waals surface area contributed by atoms with Gasteiger partial charge in [0.05, 0.1) is 25.0 Å². The Balaban J connectivity index is 1.28. The van der Waals surface area contributed by atoms with E-state index in [-0.39, 0.29) is 17.2 Å². The zero-order chi connectivity index (χ0) is 32.3. The summed E-state index contributed by atoms with van der Waals surface area (Å²) in [4.78, 5) is 40.0. The summed E-state index contributed by atoms with van der Waals surface area (Å²) in [5.41, 5.74) is 2.28. The lowest BCUT2D eigenvalue weighted by atomic mass is 10.1. The molecule has 9 heteroatoms. The lowest BCUT2D eigenvalue weighted by Gasteiger charge is -2.11. The number of benzene rings is 4. The number of Topliss-reactive ketones (excluding diaryl/α,β-unsaturated/α-hetero) is 1. The molecule has 0 aliphatic carbocycles. The molecule has 0 saturated heterocycles. The van der Waals surface area contributed by atoms with Gasteiger partial charge in [0.1, 0.15) is 28.7 Å². The molecule has 0 aliphatic heterocycles. The zero-order valence-corrected chi connectivity index (χ0v) is 26.1. The van der Waals surface area contributed by atoms with E-state index in [0.717, 1.165) is 16.2 Å². The van der Waals surface area contributed by atoms with Crippen molar-refractivity contribution in [2.75, 3.05) is 24.8 Å². The maximum Gasteiger partial charge on any atom is 0.272 e. The van der Waals surface area contributed by atoms with Gasteiger partial charge in [-0.2, -0.15) is 0 Å². The van der Waals surface area contributed by atoms with Crippen molar-refractivity contribution >= 4 is 41.1 Å². The second kappa shape index (κ2) is 15.5. The number of carbonyl (C=O) groups is 3. The molecule has 0 bridgehead atoms. The average molecular weight is 633 g/mol. The number of amides is 2. The summed E-state index contributed by atoms with van der Waals surface area (Å²) >= 11 is 1.40. The predicted molar refractivity (Wildman–Crippen MR) is 180 cm³/mol. The van der Waals surface area contributed by atoms with Crippen LogP contribution in [-0.2, 0) is 4.79 Å². The molecule has 0 spiro atoms. The van der Waals surface area contributed by atoms with Gasteiger partial charge in [0, 0.05) is 27.8 Å². The molecule has 4 aromatic carbocycles. The monoisotopic (exact) mass is 632 g/mol. The Kier molecular flexibility index (Phi) is 10.7. The maximum absolute atomic E-state index is 13.5. The number of rotatable bonds is 13. The number of furan rings is 1. The Morgan fingerprint density at radius 3 is 2.24 bits per heavy atom. The van der Waals surface area contributed by atoms with E-state index >= 15 is 0 Å². The number of ketones is 1. The Labute approximate surface area is 271 Å². The van der Waals surface area contributed by atoms with E-state index in [1.807, 2.05) is 43.3 Å². The number of thioether (sulfide) groups is 1. The van der Waals surface area contributed by atoms with Gasteiger partial charge in [-0.05, 0) is 91.9 Å². The minimum atomic E-state index is -0.536. The summed E-state index contributed by atoms with van der Waals surface area (Å²) in [6.45, 7) is 2.47. The Morgan fingerprint density at radius 2 is 1.52 bits per heavy atom. The minimum absolute atomic E-state index is 0.00107. The standard InChI is InChI=1S/C37H32N2O6S/c1-3-44-28-17-13-25(14-18-28)33(40)24-46-30-20-15-27(16-21-30)38-37(42)32(39-36(41)26-9-5-4-6-10-26)23-29-19-22-35(45-29)31-11-7-8-12-34(31)43-2/h4-23H,3,24H2,1-2H3,(H,38,42)(H,39,41)/b32-23-. The van der Waals surface area contributed by atoms with Gasteiger partial charge in [0.2, 0.25) is 0 Å². The van der Waals surface area contributed by atoms with Crippen molar-refractivity contribution in [3.8, 4) is 22.8 Å². The smallest absolute Gasteiger partial charge is 0.272 e. The second-order valence-corrected chi connectivity index (χ2v) is 11.0. The van der Waals surface area contributed by atoms with Crippen LogP contribution < -0.4 is 20.1 Å². The van der Waals surface area contributed by atoms with E-state index < -0.39 is 11.8 Å². The number of ether oxygens (including phenoxy) is 2. The van der Waals surface area contributed by atoms with Crippen molar-refractivity contribution < 1.29 is 28.3 Å². The highest BCUT2D eigenvalue weighted by Gasteiger charge is 2.17. The average Bonchev–Trinajstić information content (AvgIpc) is 3.56. The lowest BCUT2D eigenvalue weighted by Crippen LogP contribution is -2.30. The normalized spacial score (nSPS) is 11.0.